The summed E-state index contributed by atoms with van der Waals surface area (Å²) in [5.41, 5.74) is 3.36. The molecule has 3 aromatic carbocycles. The standard InChI is InChI=1S/C32H39FN2O5S2/c1-5-24-22-30(42(4,39)40)13-14-32(24)35(23(2)36)28-15-18-34(19-16-28)20-17-31(26-7-6-8-27(33)21-26)25-9-11-29(12-10-25)41(3,37)38/h6-14,21-22,28,31H,5,15-20H2,1-4H3/t31-/m1/s1. The third-order valence-corrected chi connectivity index (χ3v) is 10.3. The summed E-state index contributed by atoms with van der Waals surface area (Å²) in [7, 11) is -6.67. The summed E-state index contributed by atoms with van der Waals surface area (Å²) in [6.07, 6.45) is 5.22. The van der Waals surface area contributed by atoms with Crippen LogP contribution in [0, 0.1) is 5.82 Å². The summed E-state index contributed by atoms with van der Waals surface area (Å²) in [6, 6.07) is 18.4. The quantitative estimate of drug-likeness (QED) is 0.311. The molecule has 1 atom stereocenters. The Kier molecular flexibility index (Phi) is 9.90. The molecule has 1 aliphatic heterocycles. The van der Waals surface area contributed by atoms with Gasteiger partial charge in [-0.1, -0.05) is 31.2 Å². The molecule has 1 saturated heterocycles. The van der Waals surface area contributed by atoms with Gasteiger partial charge in [0.2, 0.25) is 5.91 Å². The fourth-order valence-corrected chi connectivity index (χ4v) is 7.15. The highest BCUT2D eigenvalue weighted by molar-refractivity contribution is 7.91. The van der Waals surface area contributed by atoms with Gasteiger partial charge in [0, 0.05) is 50.2 Å². The van der Waals surface area contributed by atoms with Crippen LogP contribution in [0.25, 0.3) is 0 Å². The van der Waals surface area contributed by atoms with Crippen LogP contribution >= 0.6 is 0 Å². The van der Waals surface area contributed by atoms with Gasteiger partial charge < -0.3 is 9.80 Å². The largest absolute Gasteiger partial charge is 0.309 e. The minimum atomic E-state index is -3.35. The van der Waals surface area contributed by atoms with Crippen molar-refractivity contribution >= 4 is 31.3 Å². The average Bonchev–Trinajstić information content (AvgIpc) is 2.93. The molecule has 0 spiro atoms. The van der Waals surface area contributed by atoms with Gasteiger partial charge in [0.1, 0.15) is 5.82 Å². The smallest absolute Gasteiger partial charge is 0.224 e. The van der Waals surface area contributed by atoms with Gasteiger partial charge in [-0.3, -0.25) is 4.79 Å². The van der Waals surface area contributed by atoms with Gasteiger partial charge in [-0.25, -0.2) is 21.2 Å². The topological polar surface area (TPSA) is 91.8 Å². The summed E-state index contributed by atoms with van der Waals surface area (Å²) in [5.74, 6) is -0.494. The second-order valence-electron chi connectivity index (χ2n) is 11.1. The van der Waals surface area contributed by atoms with Crippen molar-refractivity contribution < 1.29 is 26.0 Å². The molecule has 0 N–H and O–H groups in total. The highest BCUT2D eigenvalue weighted by Crippen LogP contribution is 2.32. The molecule has 0 bridgehead atoms. The molecule has 0 aromatic heterocycles. The predicted molar refractivity (Wildman–Crippen MR) is 164 cm³/mol. The van der Waals surface area contributed by atoms with Crippen molar-refractivity contribution in [1.29, 1.82) is 0 Å². The Morgan fingerprint density at radius 1 is 0.905 bits per heavy atom. The number of halogens is 1. The van der Waals surface area contributed by atoms with Gasteiger partial charge in [0.05, 0.1) is 9.79 Å². The van der Waals surface area contributed by atoms with Crippen molar-refractivity contribution in [1.82, 2.24) is 4.90 Å². The van der Waals surface area contributed by atoms with E-state index in [0.717, 1.165) is 61.3 Å². The number of hydrogen-bond acceptors (Lipinski definition) is 6. The maximum Gasteiger partial charge on any atom is 0.224 e. The lowest BCUT2D eigenvalue weighted by Gasteiger charge is -2.39. The number of hydrogen-bond donors (Lipinski definition) is 0. The van der Waals surface area contributed by atoms with Gasteiger partial charge in [-0.05, 0) is 91.4 Å². The van der Waals surface area contributed by atoms with E-state index < -0.39 is 19.7 Å². The monoisotopic (exact) mass is 614 g/mol. The lowest BCUT2D eigenvalue weighted by molar-refractivity contribution is -0.117. The van der Waals surface area contributed by atoms with Crippen molar-refractivity contribution in [2.24, 2.45) is 0 Å². The first-order valence-electron chi connectivity index (χ1n) is 14.2. The third-order valence-electron chi connectivity index (χ3n) is 8.08. The number of carbonyl (C=O) groups excluding carboxylic acids is 1. The molecule has 1 fully saturated rings. The summed E-state index contributed by atoms with van der Waals surface area (Å²) >= 11 is 0. The number of carbonyl (C=O) groups is 1. The number of rotatable bonds is 10. The van der Waals surface area contributed by atoms with Gasteiger partial charge in [0.25, 0.3) is 0 Å². The Morgan fingerprint density at radius 3 is 2.07 bits per heavy atom. The predicted octanol–water partition coefficient (Wildman–Crippen LogP) is 5.23. The van der Waals surface area contributed by atoms with E-state index in [1.54, 1.807) is 43.3 Å². The summed E-state index contributed by atoms with van der Waals surface area (Å²) in [4.78, 5) is 17.5. The number of sulfone groups is 2. The molecule has 0 saturated carbocycles. The molecule has 10 heteroatoms. The highest BCUT2D eigenvalue weighted by atomic mass is 32.2. The van der Waals surface area contributed by atoms with Crippen LogP contribution in [-0.4, -0.2) is 65.8 Å². The zero-order valence-electron chi connectivity index (χ0n) is 24.6. The average molecular weight is 615 g/mol. The van der Waals surface area contributed by atoms with Crippen molar-refractivity contribution in [2.75, 3.05) is 37.0 Å². The summed E-state index contributed by atoms with van der Waals surface area (Å²) < 4.78 is 62.2. The Hall–Kier alpha value is -3.08. The lowest BCUT2D eigenvalue weighted by Crippen LogP contribution is -2.47. The van der Waals surface area contributed by atoms with Gasteiger partial charge in [-0.2, -0.15) is 0 Å². The van der Waals surface area contributed by atoms with Crippen LogP contribution in [0.3, 0.4) is 0 Å². The first kappa shape index (κ1) is 31.8. The van der Waals surface area contributed by atoms with Crippen LogP contribution in [0.1, 0.15) is 55.7 Å². The lowest BCUT2D eigenvalue weighted by atomic mass is 9.88. The molecule has 0 unspecified atom stereocenters. The summed E-state index contributed by atoms with van der Waals surface area (Å²) in [5, 5.41) is 0. The van der Waals surface area contributed by atoms with E-state index in [1.165, 1.54) is 24.6 Å². The number of amides is 1. The van der Waals surface area contributed by atoms with E-state index in [2.05, 4.69) is 4.90 Å². The molecule has 42 heavy (non-hydrogen) atoms. The van der Waals surface area contributed by atoms with Crippen molar-refractivity contribution in [3.63, 3.8) is 0 Å². The number of piperidine rings is 1. The molecule has 226 valence electrons. The van der Waals surface area contributed by atoms with Crippen molar-refractivity contribution in [3.05, 3.63) is 89.2 Å². The van der Waals surface area contributed by atoms with E-state index in [4.69, 9.17) is 0 Å². The van der Waals surface area contributed by atoms with Crippen LogP contribution < -0.4 is 4.90 Å². The number of nitrogens with zero attached hydrogens (tertiary/aromatic N) is 2. The molecular weight excluding hydrogens is 575 g/mol. The Labute approximate surface area is 249 Å². The van der Waals surface area contributed by atoms with Gasteiger partial charge in [0.15, 0.2) is 19.7 Å². The minimum absolute atomic E-state index is 0.00399. The molecule has 0 radical (unpaired) electrons. The Morgan fingerprint density at radius 2 is 1.52 bits per heavy atom. The maximum absolute atomic E-state index is 14.2. The number of benzene rings is 3. The number of anilines is 1. The normalized spacial score (nSPS) is 15.8. The fourth-order valence-electron chi connectivity index (χ4n) is 5.84. The van der Waals surface area contributed by atoms with Gasteiger partial charge in [-0.15, -0.1) is 0 Å². The molecular formula is C32H39FN2O5S2. The molecule has 1 aliphatic rings. The van der Waals surface area contributed by atoms with Crippen LogP contribution in [0.2, 0.25) is 0 Å². The molecule has 0 aliphatic carbocycles. The minimum Gasteiger partial charge on any atom is -0.309 e. The Balaban J connectivity index is 1.48. The molecule has 1 heterocycles. The fraction of sp³-hybridized carbons (Fsp3) is 0.406. The third kappa shape index (κ3) is 7.65. The zero-order valence-corrected chi connectivity index (χ0v) is 26.2. The van der Waals surface area contributed by atoms with Crippen LogP contribution in [0.5, 0.6) is 0 Å². The Bertz CT molecular complexity index is 1630. The van der Waals surface area contributed by atoms with Gasteiger partial charge >= 0.3 is 0 Å². The molecule has 7 nitrogen and oxygen atoms in total. The first-order valence-corrected chi connectivity index (χ1v) is 18.0. The SMILES string of the molecule is CCc1cc(S(C)(=O)=O)ccc1N(C(C)=O)C1CCN(CC[C@H](c2ccc(S(C)(=O)=O)cc2)c2cccc(F)c2)CC1. The van der Waals surface area contributed by atoms with E-state index in [9.17, 15) is 26.0 Å². The van der Waals surface area contributed by atoms with E-state index in [-0.39, 0.29) is 33.5 Å². The van der Waals surface area contributed by atoms with E-state index in [0.29, 0.717) is 6.42 Å². The van der Waals surface area contributed by atoms with Crippen molar-refractivity contribution in [3.8, 4) is 0 Å². The summed E-state index contributed by atoms with van der Waals surface area (Å²) in [6.45, 7) is 5.82. The molecule has 3 aromatic rings. The van der Waals surface area contributed by atoms with Crippen LogP contribution in [0.15, 0.2) is 76.5 Å². The first-order chi connectivity index (χ1) is 19.8. The molecule has 4 rings (SSSR count). The van der Waals surface area contributed by atoms with Crippen LogP contribution in [-0.2, 0) is 30.9 Å². The maximum atomic E-state index is 14.2. The molecule has 1 amide bonds. The highest BCUT2D eigenvalue weighted by Gasteiger charge is 2.29. The van der Waals surface area contributed by atoms with E-state index in [1.807, 2.05) is 30.0 Å². The second-order valence-corrected chi connectivity index (χ2v) is 15.1. The number of likely N-dealkylation sites (tertiary alicyclic amines) is 1. The van der Waals surface area contributed by atoms with E-state index >= 15 is 0 Å². The second kappa shape index (κ2) is 13.1. The number of aryl methyl sites for hydroxylation is 1. The van der Waals surface area contributed by atoms with Crippen molar-refractivity contribution in [2.45, 2.75) is 61.3 Å². The zero-order chi connectivity index (χ0) is 30.7. The van der Waals surface area contributed by atoms with Crippen LogP contribution in [0.4, 0.5) is 10.1 Å².